The molecule has 0 radical (unpaired) electrons. The van der Waals surface area contributed by atoms with Crippen molar-refractivity contribution in [2.24, 2.45) is 5.73 Å². The van der Waals surface area contributed by atoms with Gasteiger partial charge in [0.15, 0.2) is 0 Å². The van der Waals surface area contributed by atoms with Gasteiger partial charge >= 0.3 is 0 Å². The third-order valence-electron chi connectivity index (χ3n) is 2.20. The van der Waals surface area contributed by atoms with Gasteiger partial charge in [-0.1, -0.05) is 13.3 Å². The molecule has 0 fully saturated rings. The highest BCUT2D eigenvalue weighted by Gasteiger charge is 2.10. The highest BCUT2D eigenvalue weighted by atomic mass is 16.5. The molecule has 1 aromatic carbocycles. The van der Waals surface area contributed by atoms with Gasteiger partial charge in [-0.2, -0.15) is 0 Å². The molecule has 4 heteroatoms. The van der Waals surface area contributed by atoms with Gasteiger partial charge in [-0.25, -0.2) is 0 Å². The molecule has 1 rings (SSSR count). The summed E-state index contributed by atoms with van der Waals surface area (Å²) in [5.74, 6) is 0.594. The zero-order valence-electron chi connectivity index (χ0n) is 9.66. The number of primary amides is 1. The molecule has 0 aromatic heterocycles. The average Bonchev–Trinajstić information content (AvgIpc) is 2.29. The molecule has 0 spiro atoms. The second kappa shape index (κ2) is 6.00. The third-order valence-corrected chi connectivity index (χ3v) is 2.20. The van der Waals surface area contributed by atoms with Crippen molar-refractivity contribution < 1.29 is 14.3 Å². The molecule has 1 amide bonds. The van der Waals surface area contributed by atoms with E-state index in [-0.39, 0.29) is 0 Å². The van der Waals surface area contributed by atoms with Crippen molar-refractivity contribution >= 4 is 5.91 Å². The fraction of sp³-hybridized carbons (Fsp3) is 0.417. The van der Waals surface area contributed by atoms with E-state index in [0.717, 1.165) is 12.8 Å². The first kappa shape index (κ1) is 12.4. The summed E-state index contributed by atoms with van der Waals surface area (Å²) in [6.45, 7) is 2.73. The highest BCUT2D eigenvalue weighted by Crippen LogP contribution is 2.23. The second-order valence-electron chi connectivity index (χ2n) is 3.43. The summed E-state index contributed by atoms with van der Waals surface area (Å²) in [6, 6.07) is 5.05. The number of unbranched alkanes of at least 4 members (excludes halogenated alkanes) is 1. The number of hydrogen-bond donors (Lipinski definition) is 1. The van der Waals surface area contributed by atoms with Crippen LogP contribution in [0.1, 0.15) is 30.1 Å². The molecule has 0 unspecified atom stereocenters. The number of ether oxygens (including phenoxy) is 2. The van der Waals surface area contributed by atoms with E-state index < -0.39 is 5.91 Å². The molecule has 2 N–H and O–H groups in total. The van der Waals surface area contributed by atoms with Gasteiger partial charge < -0.3 is 15.2 Å². The number of amides is 1. The lowest BCUT2D eigenvalue weighted by Crippen LogP contribution is -2.12. The topological polar surface area (TPSA) is 61.6 Å². The Hall–Kier alpha value is -1.71. The van der Waals surface area contributed by atoms with Gasteiger partial charge in [-0.05, 0) is 24.6 Å². The quantitative estimate of drug-likeness (QED) is 0.750. The molecule has 1 aromatic rings. The Kier molecular flexibility index (Phi) is 4.64. The van der Waals surface area contributed by atoms with Crippen LogP contribution >= 0.6 is 0 Å². The van der Waals surface area contributed by atoms with Crippen LogP contribution in [0.2, 0.25) is 0 Å². The zero-order valence-corrected chi connectivity index (χ0v) is 9.66. The Morgan fingerprint density at radius 2 is 2.19 bits per heavy atom. The van der Waals surface area contributed by atoms with E-state index in [1.165, 1.54) is 7.11 Å². The van der Waals surface area contributed by atoms with Crippen molar-refractivity contribution in [2.45, 2.75) is 19.8 Å². The number of carbonyl (C=O) groups excluding carboxylic acids is 1. The Balaban J connectivity index is 2.81. The summed E-state index contributed by atoms with van der Waals surface area (Å²) >= 11 is 0. The van der Waals surface area contributed by atoms with Gasteiger partial charge in [0.1, 0.15) is 11.5 Å². The summed E-state index contributed by atoms with van der Waals surface area (Å²) in [4.78, 5) is 11.1. The van der Waals surface area contributed by atoms with Crippen LogP contribution in [0, 0.1) is 0 Å². The lowest BCUT2D eigenvalue weighted by Gasteiger charge is -2.09. The SMILES string of the molecule is CCCCOc1ccc(OC)c(C(N)=O)c1. The maximum Gasteiger partial charge on any atom is 0.252 e. The van der Waals surface area contributed by atoms with E-state index >= 15 is 0 Å². The van der Waals surface area contributed by atoms with Crippen LogP contribution in [0.5, 0.6) is 11.5 Å². The Bertz CT molecular complexity index is 363. The van der Waals surface area contributed by atoms with Crippen LogP contribution < -0.4 is 15.2 Å². The van der Waals surface area contributed by atoms with E-state index in [1.807, 2.05) is 0 Å². The predicted molar refractivity (Wildman–Crippen MR) is 61.9 cm³/mol. The van der Waals surface area contributed by atoms with Crippen molar-refractivity contribution in [1.82, 2.24) is 0 Å². The highest BCUT2D eigenvalue weighted by molar-refractivity contribution is 5.96. The molecule has 0 aliphatic carbocycles. The standard InChI is InChI=1S/C12H17NO3/c1-3-4-7-16-9-5-6-11(15-2)10(8-9)12(13)14/h5-6,8H,3-4,7H2,1-2H3,(H2,13,14). The minimum Gasteiger partial charge on any atom is -0.496 e. The third kappa shape index (κ3) is 3.15. The van der Waals surface area contributed by atoms with E-state index in [9.17, 15) is 4.79 Å². The first-order valence-electron chi connectivity index (χ1n) is 5.29. The second-order valence-corrected chi connectivity index (χ2v) is 3.43. The van der Waals surface area contributed by atoms with Gasteiger partial charge in [0.25, 0.3) is 5.91 Å². The molecule has 0 heterocycles. The molecule has 16 heavy (non-hydrogen) atoms. The lowest BCUT2D eigenvalue weighted by atomic mass is 10.2. The van der Waals surface area contributed by atoms with E-state index in [2.05, 4.69) is 6.92 Å². The fourth-order valence-electron chi connectivity index (χ4n) is 1.30. The first-order valence-corrected chi connectivity index (χ1v) is 5.29. The molecule has 0 aliphatic heterocycles. The minimum atomic E-state index is -0.516. The lowest BCUT2D eigenvalue weighted by molar-refractivity contribution is 0.0997. The Morgan fingerprint density at radius 1 is 1.44 bits per heavy atom. The summed E-state index contributed by atoms with van der Waals surface area (Å²) in [5.41, 5.74) is 5.58. The van der Waals surface area contributed by atoms with Crippen molar-refractivity contribution in [3.63, 3.8) is 0 Å². The van der Waals surface area contributed by atoms with Crippen molar-refractivity contribution in [2.75, 3.05) is 13.7 Å². The molecule has 0 bridgehead atoms. The van der Waals surface area contributed by atoms with Crippen LogP contribution in [0.3, 0.4) is 0 Å². The molecule has 88 valence electrons. The number of benzene rings is 1. The van der Waals surface area contributed by atoms with Gasteiger partial charge in [-0.3, -0.25) is 4.79 Å². The van der Waals surface area contributed by atoms with Crippen molar-refractivity contribution in [3.05, 3.63) is 23.8 Å². The molecular weight excluding hydrogens is 206 g/mol. The largest absolute Gasteiger partial charge is 0.496 e. The average molecular weight is 223 g/mol. The predicted octanol–water partition coefficient (Wildman–Crippen LogP) is 1.97. The monoisotopic (exact) mass is 223 g/mol. The molecule has 0 saturated heterocycles. The fourth-order valence-corrected chi connectivity index (χ4v) is 1.30. The molecule has 4 nitrogen and oxygen atoms in total. The normalized spacial score (nSPS) is 9.88. The minimum absolute atomic E-state index is 0.344. The summed E-state index contributed by atoms with van der Waals surface area (Å²) in [5, 5.41) is 0. The number of nitrogens with two attached hydrogens (primary N) is 1. The molecular formula is C12H17NO3. The molecule has 0 atom stereocenters. The van der Waals surface area contributed by atoms with Gasteiger partial charge in [-0.15, -0.1) is 0 Å². The van der Waals surface area contributed by atoms with Gasteiger partial charge in [0.2, 0.25) is 0 Å². The van der Waals surface area contributed by atoms with Crippen molar-refractivity contribution in [3.8, 4) is 11.5 Å². The molecule has 0 saturated carbocycles. The maximum absolute atomic E-state index is 11.1. The van der Waals surface area contributed by atoms with Crippen LogP contribution in [0.4, 0.5) is 0 Å². The van der Waals surface area contributed by atoms with Crippen LogP contribution in [0.15, 0.2) is 18.2 Å². The van der Waals surface area contributed by atoms with E-state index in [1.54, 1.807) is 18.2 Å². The van der Waals surface area contributed by atoms with E-state index in [0.29, 0.717) is 23.7 Å². The summed E-state index contributed by atoms with van der Waals surface area (Å²) in [6.07, 6.45) is 2.05. The Morgan fingerprint density at radius 3 is 2.75 bits per heavy atom. The summed E-state index contributed by atoms with van der Waals surface area (Å²) in [7, 11) is 1.50. The molecule has 0 aliphatic rings. The van der Waals surface area contributed by atoms with Gasteiger partial charge in [0, 0.05) is 0 Å². The maximum atomic E-state index is 11.1. The number of hydrogen-bond acceptors (Lipinski definition) is 3. The zero-order chi connectivity index (χ0) is 12.0. The van der Waals surface area contributed by atoms with Crippen LogP contribution in [0.25, 0.3) is 0 Å². The van der Waals surface area contributed by atoms with Crippen molar-refractivity contribution in [1.29, 1.82) is 0 Å². The van der Waals surface area contributed by atoms with Gasteiger partial charge in [0.05, 0.1) is 19.3 Å². The van der Waals surface area contributed by atoms with Crippen LogP contribution in [-0.2, 0) is 0 Å². The number of rotatable bonds is 6. The Labute approximate surface area is 95.3 Å². The van der Waals surface area contributed by atoms with E-state index in [4.69, 9.17) is 15.2 Å². The smallest absolute Gasteiger partial charge is 0.252 e. The first-order chi connectivity index (χ1) is 7.69. The summed E-state index contributed by atoms with van der Waals surface area (Å²) < 4.78 is 10.5. The van der Waals surface area contributed by atoms with Crippen LogP contribution in [-0.4, -0.2) is 19.6 Å². The number of methoxy groups -OCH3 is 1. The number of carbonyl (C=O) groups is 1.